The van der Waals surface area contributed by atoms with Crippen molar-refractivity contribution in [3.8, 4) is 0 Å². The monoisotopic (exact) mass is 375 g/mol. The Kier molecular flexibility index (Phi) is 3.91. The van der Waals surface area contributed by atoms with E-state index in [2.05, 4.69) is 39.3 Å². The maximum absolute atomic E-state index is 12.6. The van der Waals surface area contributed by atoms with Crippen molar-refractivity contribution in [3.05, 3.63) is 54.4 Å². The van der Waals surface area contributed by atoms with Crippen LogP contribution in [0.2, 0.25) is 0 Å². The zero-order valence-electron chi connectivity index (χ0n) is 15.5. The normalized spacial score (nSPS) is 19.1. The van der Waals surface area contributed by atoms with Crippen LogP contribution in [-0.4, -0.2) is 36.7 Å². The van der Waals surface area contributed by atoms with Crippen molar-refractivity contribution < 1.29 is 9.90 Å². The van der Waals surface area contributed by atoms with Gasteiger partial charge in [-0.05, 0) is 44.0 Å². The third-order valence-electron chi connectivity index (χ3n) is 5.63. The van der Waals surface area contributed by atoms with Gasteiger partial charge in [0.15, 0.2) is 5.69 Å². The summed E-state index contributed by atoms with van der Waals surface area (Å²) in [6.45, 7) is 3.01. The number of nitrogens with one attached hydrogen (secondary N) is 1. The van der Waals surface area contributed by atoms with Crippen molar-refractivity contribution in [1.82, 2.24) is 19.6 Å². The molecule has 2 aromatic heterocycles. The van der Waals surface area contributed by atoms with Gasteiger partial charge in [-0.25, -0.2) is 4.68 Å². The summed E-state index contributed by atoms with van der Waals surface area (Å²) in [5, 5.41) is 22.9. The minimum Gasteiger partial charge on any atom is -0.391 e. The molecule has 1 fully saturated rings. The van der Waals surface area contributed by atoms with E-state index in [-0.39, 0.29) is 17.6 Å². The summed E-state index contributed by atoms with van der Waals surface area (Å²) in [6, 6.07) is 14.2. The summed E-state index contributed by atoms with van der Waals surface area (Å²) in [7, 11) is 0. The van der Waals surface area contributed by atoms with Gasteiger partial charge in [0.2, 0.25) is 0 Å². The van der Waals surface area contributed by atoms with Crippen LogP contribution in [0.4, 0.5) is 5.69 Å². The maximum Gasteiger partial charge on any atom is 0.277 e. The molecule has 28 heavy (non-hydrogen) atoms. The maximum atomic E-state index is 12.6. The van der Waals surface area contributed by atoms with Gasteiger partial charge in [-0.2, -0.15) is 0 Å². The first-order valence-corrected chi connectivity index (χ1v) is 9.58. The number of para-hydroxylation sites is 1. The summed E-state index contributed by atoms with van der Waals surface area (Å²) in [5.74, 6) is -0.307. The number of anilines is 1. The Balaban J connectivity index is 1.45. The molecule has 1 aliphatic rings. The number of carbonyl (C=O) groups is 1. The molecule has 0 unspecified atom stereocenters. The lowest BCUT2D eigenvalue weighted by molar-refractivity contribution is 0.0244. The second-order valence-electron chi connectivity index (χ2n) is 7.24. The second-order valence-corrected chi connectivity index (χ2v) is 7.24. The minimum atomic E-state index is -0.407. The number of nitrogens with zero attached hydrogens (tertiary/aromatic N) is 4. The predicted octanol–water partition coefficient (Wildman–Crippen LogP) is 3.35. The summed E-state index contributed by atoms with van der Waals surface area (Å²) >= 11 is 0. The smallest absolute Gasteiger partial charge is 0.277 e. The molecule has 1 amide bonds. The number of aryl methyl sites for hydroxylation is 1. The van der Waals surface area contributed by atoms with E-state index >= 15 is 0 Å². The van der Waals surface area contributed by atoms with E-state index in [0.717, 1.165) is 36.0 Å². The predicted molar refractivity (Wildman–Crippen MR) is 107 cm³/mol. The summed E-state index contributed by atoms with van der Waals surface area (Å²) in [6.07, 6.45) is 2.81. The lowest BCUT2D eigenvalue weighted by Crippen LogP contribution is -2.34. The van der Waals surface area contributed by atoms with Crippen LogP contribution in [0.15, 0.2) is 48.7 Å². The zero-order valence-corrected chi connectivity index (χ0v) is 15.5. The van der Waals surface area contributed by atoms with Crippen LogP contribution in [0.25, 0.3) is 21.8 Å². The highest BCUT2D eigenvalue weighted by atomic mass is 16.3. The van der Waals surface area contributed by atoms with Gasteiger partial charge < -0.3 is 15.0 Å². The number of hydrogen-bond acceptors (Lipinski definition) is 4. The van der Waals surface area contributed by atoms with Crippen LogP contribution < -0.4 is 5.32 Å². The molecule has 0 radical (unpaired) electrons. The number of aliphatic hydroxyl groups is 1. The first-order valence-electron chi connectivity index (χ1n) is 9.58. The third kappa shape index (κ3) is 2.58. The van der Waals surface area contributed by atoms with Crippen molar-refractivity contribution in [2.45, 2.75) is 38.5 Å². The zero-order chi connectivity index (χ0) is 19.3. The fraction of sp³-hybridized carbons (Fsp3) is 0.286. The quantitative estimate of drug-likeness (QED) is 0.573. The fourth-order valence-electron chi connectivity index (χ4n) is 3.98. The number of aliphatic hydroxyl groups excluding tert-OH is 1. The molecule has 0 aliphatic heterocycles. The van der Waals surface area contributed by atoms with E-state index in [4.69, 9.17) is 0 Å². The molecule has 1 aliphatic carbocycles. The van der Waals surface area contributed by atoms with Gasteiger partial charge in [0.1, 0.15) is 0 Å². The number of rotatable bonds is 4. The summed E-state index contributed by atoms with van der Waals surface area (Å²) in [4.78, 5) is 12.6. The van der Waals surface area contributed by atoms with Crippen molar-refractivity contribution >= 4 is 33.4 Å². The second kappa shape index (κ2) is 6.45. The average molecular weight is 375 g/mol. The van der Waals surface area contributed by atoms with Crippen LogP contribution in [-0.2, 0) is 6.54 Å². The molecule has 0 bridgehead atoms. The van der Waals surface area contributed by atoms with E-state index < -0.39 is 6.10 Å². The lowest BCUT2D eigenvalue weighted by Gasteiger charge is -2.31. The van der Waals surface area contributed by atoms with Crippen LogP contribution in [0.1, 0.15) is 36.3 Å². The van der Waals surface area contributed by atoms with Crippen molar-refractivity contribution in [1.29, 1.82) is 0 Å². The Morgan fingerprint density at radius 3 is 2.75 bits per heavy atom. The van der Waals surface area contributed by atoms with Gasteiger partial charge in [0.25, 0.3) is 5.91 Å². The van der Waals surface area contributed by atoms with Gasteiger partial charge in [-0.1, -0.05) is 23.4 Å². The Labute approximate surface area is 161 Å². The van der Waals surface area contributed by atoms with Gasteiger partial charge in [-0.3, -0.25) is 4.79 Å². The van der Waals surface area contributed by atoms with Crippen LogP contribution >= 0.6 is 0 Å². The van der Waals surface area contributed by atoms with Crippen LogP contribution in [0.3, 0.4) is 0 Å². The molecule has 0 saturated heterocycles. The Hall–Kier alpha value is -3.19. The molecule has 7 nitrogen and oxygen atoms in total. The van der Waals surface area contributed by atoms with Gasteiger partial charge in [0.05, 0.1) is 18.3 Å². The number of hydrogen-bond donors (Lipinski definition) is 2. The Morgan fingerprint density at radius 1 is 1.18 bits per heavy atom. The molecule has 2 atom stereocenters. The standard InChI is InChI=1S/C21H21N5O2/c1-2-25-17-6-4-3-5-14(17)15-11-13(7-8-18(15)25)22-21(28)16-12-26(24-23-16)19-9-10-20(19)27/h3-8,11-12,19-20,27H,2,9-10H2,1H3,(H,22,28)/t19-,20-/m1/s1. The van der Waals surface area contributed by atoms with Gasteiger partial charge in [-0.15, -0.1) is 5.10 Å². The molecule has 7 heteroatoms. The molecule has 142 valence electrons. The van der Waals surface area contributed by atoms with Crippen LogP contribution in [0.5, 0.6) is 0 Å². The van der Waals surface area contributed by atoms with E-state index in [9.17, 15) is 9.90 Å². The number of amides is 1. The van der Waals surface area contributed by atoms with Gasteiger partial charge >= 0.3 is 0 Å². The topological polar surface area (TPSA) is 85.0 Å². The van der Waals surface area contributed by atoms with Crippen LogP contribution in [0, 0.1) is 0 Å². The number of fused-ring (bicyclic) bond motifs is 3. The Bertz CT molecular complexity index is 1190. The highest BCUT2D eigenvalue weighted by Crippen LogP contribution is 2.32. The first-order chi connectivity index (χ1) is 13.7. The molecule has 5 rings (SSSR count). The first kappa shape index (κ1) is 16.9. The SMILES string of the molecule is CCn1c2ccccc2c2cc(NC(=O)c3cn([C@@H]4CC[C@H]4O)nn3)ccc21. The minimum absolute atomic E-state index is 0.0782. The van der Waals surface area contributed by atoms with E-state index in [1.54, 1.807) is 10.9 Å². The molecular formula is C21H21N5O2. The van der Waals surface area contributed by atoms with E-state index in [0.29, 0.717) is 0 Å². The average Bonchev–Trinajstić information content (AvgIpc) is 3.29. The summed E-state index contributed by atoms with van der Waals surface area (Å²) in [5.41, 5.74) is 3.29. The molecular weight excluding hydrogens is 354 g/mol. The van der Waals surface area contributed by atoms with Gasteiger partial charge in [0, 0.05) is 34.0 Å². The molecule has 1 saturated carbocycles. The molecule has 2 heterocycles. The van der Waals surface area contributed by atoms with E-state index in [1.165, 1.54) is 10.9 Å². The van der Waals surface area contributed by atoms with Crippen molar-refractivity contribution in [3.63, 3.8) is 0 Å². The number of benzene rings is 2. The lowest BCUT2D eigenvalue weighted by atomic mass is 9.89. The molecule has 2 aromatic carbocycles. The van der Waals surface area contributed by atoms with Crippen molar-refractivity contribution in [2.75, 3.05) is 5.32 Å². The third-order valence-corrected chi connectivity index (χ3v) is 5.63. The van der Waals surface area contributed by atoms with E-state index in [1.807, 2.05) is 30.3 Å². The fourth-order valence-corrected chi connectivity index (χ4v) is 3.98. The highest BCUT2D eigenvalue weighted by molar-refractivity contribution is 6.10. The highest BCUT2D eigenvalue weighted by Gasteiger charge is 2.31. The molecule has 4 aromatic rings. The summed E-state index contributed by atoms with van der Waals surface area (Å²) < 4.78 is 3.85. The largest absolute Gasteiger partial charge is 0.391 e. The number of carbonyl (C=O) groups excluding carboxylic acids is 1. The molecule has 0 spiro atoms. The van der Waals surface area contributed by atoms with Crippen molar-refractivity contribution in [2.24, 2.45) is 0 Å². The Morgan fingerprint density at radius 2 is 2.00 bits per heavy atom. The molecule has 2 N–H and O–H groups in total. The number of aromatic nitrogens is 4.